The standard InChI is InChI=1S/C18H14BrF3N2O2/c1-25-14-6-10(9-4-2-3-5-13(9)26-18(21)22)17-16(14)23-15-7-12(20)11(19)8-24(15)17/h2-5,7-8,10,14,18H,6H2,1H3/t10-,14-/m1/s1. The van der Waals surface area contributed by atoms with Gasteiger partial charge in [0.05, 0.1) is 15.9 Å². The Morgan fingerprint density at radius 1 is 1.31 bits per heavy atom. The van der Waals surface area contributed by atoms with E-state index in [1.807, 2.05) is 0 Å². The highest BCUT2D eigenvalue weighted by atomic mass is 79.9. The molecule has 0 amide bonds. The highest BCUT2D eigenvalue weighted by molar-refractivity contribution is 9.10. The maximum Gasteiger partial charge on any atom is 0.387 e. The summed E-state index contributed by atoms with van der Waals surface area (Å²) in [6.45, 7) is -2.92. The first-order valence-electron chi connectivity index (χ1n) is 7.93. The van der Waals surface area contributed by atoms with E-state index in [1.165, 1.54) is 12.1 Å². The molecule has 0 bridgehead atoms. The molecule has 8 heteroatoms. The molecule has 4 rings (SSSR count). The van der Waals surface area contributed by atoms with E-state index < -0.39 is 12.4 Å². The fraction of sp³-hybridized carbons (Fsp3) is 0.278. The molecule has 2 aromatic heterocycles. The predicted molar refractivity (Wildman–Crippen MR) is 92.1 cm³/mol. The summed E-state index contributed by atoms with van der Waals surface area (Å²) < 4.78 is 51.8. The monoisotopic (exact) mass is 426 g/mol. The highest BCUT2D eigenvalue weighted by Crippen LogP contribution is 2.48. The number of hydrogen-bond donors (Lipinski definition) is 0. The van der Waals surface area contributed by atoms with E-state index in [4.69, 9.17) is 9.47 Å². The molecule has 0 spiro atoms. The number of benzene rings is 1. The van der Waals surface area contributed by atoms with E-state index in [0.717, 1.165) is 5.69 Å². The maximum atomic E-state index is 13.9. The van der Waals surface area contributed by atoms with Gasteiger partial charge in [0.25, 0.3) is 0 Å². The highest BCUT2D eigenvalue weighted by Gasteiger charge is 2.38. The molecule has 1 aliphatic rings. The number of para-hydroxylation sites is 1. The average Bonchev–Trinajstić information content (AvgIpc) is 3.12. The van der Waals surface area contributed by atoms with Gasteiger partial charge in [-0.3, -0.25) is 0 Å². The Morgan fingerprint density at radius 3 is 2.81 bits per heavy atom. The third-order valence-corrected chi connectivity index (χ3v) is 5.19. The largest absolute Gasteiger partial charge is 0.435 e. The number of fused-ring (bicyclic) bond motifs is 3. The number of methoxy groups -OCH3 is 1. The second kappa shape index (κ2) is 6.59. The molecule has 136 valence electrons. The van der Waals surface area contributed by atoms with E-state index in [9.17, 15) is 13.2 Å². The van der Waals surface area contributed by atoms with Crippen LogP contribution in [0.2, 0.25) is 0 Å². The third-order valence-electron chi connectivity index (χ3n) is 4.61. The van der Waals surface area contributed by atoms with Crippen molar-refractivity contribution in [1.82, 2.24) is 9.38 Å². The maximum absolute atomic E-state index is 13.9. The van der Waals surface area contributed by atoms with Crippen LogP contribution < -0.4 is 4.74 Å². The number of ether oxygens (including phenoxy) is 2. The van der Waals surface area contributed by atoms with E-state index >= 15 is 0 Å². The van der Waals surface area contributed by atoms with Crippen LogP contribution in [0.3, 0.4) is 0 Å². The van der Waals surface area contributed by atoms with Gasteiger partial charge in [-0.1, -0.05) is 18.2 Å². The van der Waals surface area contributed by atoms with Crippen molar-refractivity contribution in [3.05, 3.63) is 63.8 Å². The number of nitrogens with zero attached hydrogens (tertiary/aromatic N) is 2. The molecule has 4 nitrogen and oxygen atoms in total. The molecule has 0 fully saturated rings. The summed E-state index contributed by atoms with van der Waals surface area (Å²) in [6.07, 6.45) is 1.82. The summed E-state index contributed by atoms with van der Waals surface area (Å²) in [5.74, 6) is -0.572. The summed E-state index contributed by atoms with van der Waals surface area (Å²) in [7, 11) is 1.57. The predicted octanol–water partition coefficient (Wildman–Crippen LogP) is 5.06. The van der Waals surface area contributed by atoms with Gasteiger partial charge >= 0.3 is 6.61 Å². The summed E-state index contributed by atoms with van der Waals surface area (Å²) in [6, 6.07) is 8.01. The Bertz CT molecular complexity index is 976. The summed E-state index contributed by atoms with van der Waals surface area (Å²) in [5.41, 5.74) is 2.53. The van der Waals surface area contributed by atoms with Gasteiger partial charge in [-0.2, -0.15) is 8.78 Å². The lowest BCUT2D eigenvalue weighted by molar-refractivity contribution is -0.0506. The fourth-order valence-corrected chi connectivity index (χ4v) is 3.87. The molecule has 0 radical (unpaired) electrons. The van der Waals surface area contributed by atoms with Crippen LogP contribution in [0.1, 0.15) is 35.4 Å². The summed E-state index contributed by atoms with van der Waals surface area (Å²) in [4.78, 5) is 4.50. The van der Waals surface area contributed by atoms with Gasteiger partial charge in [0.2, 0.25) is 0 Å². The third kappa shape index (κ3) is 2.77. The first-order chi connectivity index (χ1) is 12.5. The van der Waals surface area contributed by atoms with Crippen LogP contribution in [0.5, 0.6) is 5.75 Å². The molecule has 0 N–H and O–H groups in total. The van der Waals surface area contributed by atoms with Gasteiger partial charge in [0.15, 0.2) is 0 Å². The van der Waals surface area contributed by atoms with Crippen molar-refractivity contribution in [2.45, 2.75) is 25.1 Å². The molecule has 0 saturated carbocycles. The van der Waals surface area contributed by atoms with E-state index in [2.05, 4.69) is 20.9 Å². The molecule has 26 heavy (non-hydrogen) atoms. The zero-order chi connectivity index (χ0) is 18.4. The molecule has 0 unspecified atom stereocenters. The van der Waals surface area contributed by atoms with E-state index in [1.54, 1.807) is 35.9 Å². The summed E-state index contributed by atoms with van der Waals surface area (Å²) in [5, 5.41) is 0. The van der Waals surface area contributed by atoms with Gasteiger partial charge in [-0.05, 0) is 28.4 Å². The normalized spacial score (nSPS) is 19.3. The van der Waals surface area contributed by atoms with Crippen molar-refractivity contribution in [2.75, 3.05) is 7.11 Å². The van der Waals surface area contributed by atoms with Crippen molar-refractivity contribution in [3.8, 4) is 5.75 Å². The minimum atomic E-state index is -2.92. The van der Waals surface area contributed by atoms with Crippen LogP contribution in [-0.2, 0) is 4.74 Å². The number of pyridine rings is 1. The Hall–Kier alpha value is -2.06. The van der Waals surface area contributed by atoms with E-state index in [0.29, 0.717) is 27.8 Å². The van der Waals surface area contributed by atoms with Gasteiger partial charge in [0, 0.05) is 30.9 Å². The molecule has 0 aliphatic heterocycles. The Morgan fingerprint density at radius 2 is 2.08 bits per heavy atom. The van der Waals surface area contributed by atoms with Crippen LogP contribution in [0.15, 0.2) is 41.0 Å². The number of rotatable bonds is 4. The molecular weight excluding hydrogens is 413 g/mol. The van der Waals surface area contributed by atoms with Crippen LogP contribution in [0.4, 0.5) is 13.2 Å². The molecule has 1 aromatic carbocycles. The van der Waals surface area contributed by atoms with Crippen LogP contribution in [-0.4, -0.2) is 23.1 Å². The van der Waals surface area contributed by atoms with Crippen molar-refractivity contribution in [2.24, 2.45) is 0 Å². The van der Waals surface area contributed by atoms with Crippen LogP contribution >= 0.6 is 15.9 Å². The zero-order valence-electron chi connectivity index (χ0n) is 13.6. The molecule has 3 aromatic rings. The molecule has 1 aliphatic carbocycles. The van der Waals surface area contributed by atoms with Crippen LogP contribution in [0.25, 0.3) is 5.65 Å². The lowest BCUT2D eigenvalue weighted by Gasteiger charge is -2.17. The molecule has 2 heterocycles. The fourth-order valence-electron chi connectivity index (χ4n) is 3.55. The molecular formula is C18H14BrF3N2O2. The van der Waals surface area contributed by atoms with Crippen molar-refractivity contribution >= 4 is 21.6 Å². The average molecular weight is 427 g/mol. The number of imidazole rings is 1. The SMILES string of the molecule is CO[C@@H]1C[C@H](c2ccccc2OC(F)F)c2c1nc1cc(F)c(Br)cn21. The second-order valence-electron chi connectivity index (χ2n) is 6.01. The van der Waals surface area contributed by atoms with Crippen LogP contribution in [0, 0.1) is 5.82 Å². The van der Waals surface area contributed by atoms with E-state index in [-0.39, 0.29) is 17.8 Å². The van der Waals surface area contributed by atoms with Gasteiger partial charge < -0.3 is 13.9 Å². The number of alkyl halides is 2. The molecule has 2 atom stereocenters. The minimum absolute atomic E-state index is 0.117. The smallest absolute Gasteiger partial charge is 0.387 e. The van der Waals surface area contributed by atoms with Crippen molar-refractivity contribution in [1.29, 1.82) is 0 Å². The minimum Gasteiger partial charge on any atom is -0.435 e. The van der Waals surface area contributed by atoms with Gasteiger partial charge in [-0.25, -0.2) is 9.37 Å². The Labute approximate surface area is 155 Å². The second-order valence-corrected chi connectivity index (χ2v) is 6.86. The number of halogens is 4. The Balaban J connectivity index is 1.91. The summed E-state index contributed by atoms with van der Waals surface area (Å²) >= 11 is 3.19. The first-order valence-corrected chi connectivity index (χ1v) is 8.72. The topological polar surface area (TPSA) is 35.8 Å². The molecule has 0 saturated heterocycles. The van der Waals surface area contributed by atoms with Crippen molar-refractivity contribution < 1.29 is 22.6 Å². The lowest BCUT2D eigenvalue weighted by Crippen LogP contribution is -2.08. The van der Waals surface area contributed by atoms with Crippen molar-refractivity contribution in [3.63, 3.8) is 0 Å². The zero-order valence-corrected chi connectivity index (χ0v) is 15.2. The quantitative estimate of drug-likeness (QED) is 0.584. The first kappa shape index (κ1) is 17.4. The number of aromatic nitrogens is 2. The van der Waals surface area contributed by atoms with Gasteiger partial charge in [-0.15, -0.1) is 0 Å². The number of hydrogen-bond acceptors (Lipinski definition) is 3. The lowest BCUT2D eigenvalue weighted by atomic mass is 9.95. The Kier molecular flexibility index (Phi) is 4.40. The van der Waals surface area contributed by atoms with Gasteiger partial charge in [0.1, 0.15) is 23.3 Å².